The highest BCUT2D eigenvalue weighted by molar-refractivity contribution is 5.86. The summed E-state index contributed by atoms with van der Waals surface area (Å²) in [5, 5.41) is 4.23. The molecule has 0 fully saturated rings. The molecule has 0 heterocycles. The van der Waals surface area contributed by atoms with Gasteiger partial charge in [0.1, 0.15) is 5.75 Å². The zero-order chi connectivity index (χ0) is 17.9. The minimum Gasteiger partial charge on any atom is -0.483 e. The zero-order valence-corrected chi connectivity index (χ0v) is 15.0. The van der Waals surface area contributed by atoms with Gasteiger partial charge in [-0.1, -0.05) is 75.2 Å². The van der Waals surface area contributed by atoms with Gasteiger partial charge in [-0.2, -0.15) is 5.10 Å². The largest absolute Gasteiger partial charge is 0.483 e. The lowest BCUT2D eigenvalue weighted by Crippen LogP contribution is -2.26. The van der Waals surface area contributed by atoms with Gasteiger partial charge in [0.15, 0.2) is 6.61 Å². The number of benzene rings is 2. The summed E-state index contributed by atoms with van der Waals surface area (Å²) in [6.45, 7) is 4.16. The fourth-order valence-corrected chi connectivity index (χ4v) is 2.58. The molecule has 0 saturated heterocycles. The molecule has 25 heavy (non-hydrogen) atoms. The number of ether oxygens (including phenoxy) is 1. The Morgan fingerprint density at radius 2 is 1.60 bits per heavy atom. The van der Waals surface area contributed by atoms with Gasteiger partial charge in [-0.15, -0.1) is 0 Å². The van der Waals surface area contributed by atoms with Crippen LogP contribution in [0.1, 0.15) is 39.5 Å². The predicted octanol–water partition coefficient (Wildman–Crippen LogP) is 4.80. The lowest BCUT2D eigenvalue weighted by atomic mass is 10.1. The van der Waals surface area contributed by atoms with Crippen LogP contribution in [0.5, 0.6) is 5.75 Å². The summed E-state index contributed by atoms with van der Waals surface area (Å²) < 4.78 is 5.72. The number of carbonyl (C=O) groups excluding carboxylic acids is 1. The number of nitrogens with zero attached hydrogens (tertiary/aromatic N) is 1. The van der Waals surface area contributed by atoms with E-state index in [1.807, 2.05) is 54.6 Å². The predicted molar refractivity (Wildman–Crippen MR) is 103 cm³/mol. The highest BCUT2D eigenvalue weighted by Gasteiger charge is 2.08. The molecule has 132 valence electrons. The molecule has 0 radical (unpaired) electrons. The van der Waals surface area contributed by atoms with Crippen molar-refractivity contribution in [3.05, 3.63) is 54.6 Å². The SMILES string of the molecule is CCCC(CCC)=NNC(=O)COc1ccccc1-c1ccccc1. The molecular weight excluding hydrogens is 312 g/mol. The van der Waals surface area contributed by atoms with Crippen LogP contribution in [0.4, 0.5) is 0 Å². The molecule has 4 heteroatoms. The maximum absolute atomic E-state index is 12.0. The molecule has 4 nitrogen and oxygen atoms in total. The molecule has 0 spiro atoms. The van der Waals surface area contributed by atoms with Crippen molar-refractivity contribution in [1.29, 1.82) is 0 Å². The molecule has 2 rings (SSSR count). The van der Waals surface area contributed by atoms with Crippen LogP contribution in [0, 0.1) is 0 Å². The average Bonchev–Trinajstić information content (AvgIpc) is 2.66. The van der Waals surface area contributed by atoms with E-state index in [9.17, 15) is 4.79 Å². The van der Waals surface area contributed by atoms with E-state index in [4.69, 9.17) is 4.74 Å². The second-order valence-corrected chi connectivity index (χ2v) is 5.86. The molecule has 0 unspecified atom stereocenters. The van der Waals surface area contributed by atoms with Crippen molar-refractivity contribution in [3.63, 3.8) is 0 Å². The Balaban J connectivity index is 1.97. The van der Waals surface area contributed by atoms with Crippen molar-refractivity contribution < 1.29 is 9.53 Å². The zero-order valence-electron chi connectivity index (χ0n) is 15.0. The lowest BCUT2D eigenvalue weighted by Gasteiger charge is -2.11. The molecule has 0 saturated carbocycles. The lowest BCUT2D eigenvalue weighted by molar-refractivity contribution is -0.123. The number of hydrazone groups is 1. The van der Waals surface area contributed by atoms with Crippen LogP contribution >= 0.6 is 0 Å². The Labute approximate surface area is 149 Å². The highest BCUT2D eigenvalue weighted by Crippen LogP contribution is 2.29. The second-order valence-electron chi connectivity index (χ2n) is 5.86. The number of carbonyl (C=O) groups is 1. The minimum atomic E-state index is -0.243. The first-order valence-corrected chi connectivity index (χ1v) is 8.86. The fourth-order valence-electron chi connectivity index (χ4n) is 2.58. The van der Waals surface area contributed by atoms with Crippen molar-refractivity contribution in [2.45, 2.75) is 39.5 Å². The Bertz CT molecular complexity index is 688. The van der Waals surface area contributed by atoms with E-state index in [2.05, 4.69) is 24.4 Å². The standard InChI is InChI=1S/C21H26N2O2/c1-3-10-18(11-4-2)22-23-21(24)16-25-20-15-9-8-14-19(20)17-12-6-5-7-13-17/h5-9,12-15H,3-4,10-11,16H2,1-2H3,(H,23,24). The third-order valence-corrected chi connectivity index (χ3v) is 3.75. The summed E-state index contributed by atoms with van der Waals surface area (Å²) in [4.78, 5) is 12.0. The van der Waals surface area contributed by atoms with Gasteiger partial charge in [-0.3, -0.25) is 4.79 Å². The molecule has 0 bridgehead atoms. The number of nitrogens with one attached hydrogen (secondary N) is 1. The van der Waals surface area contributed by atoms with Gasteiger partial charge in [0.05, 0.1) is 0 Å². The van der Waals surface area contributed by atoms with E-state index in [0.717, 1.165) is 42.5 Å². The number of hydrogen-bond donors (Lipinski definition) is 1. The molecule has 2 aromatic rings. The van der Waals surface area contributed by atoms with Crippen LogP contribution < -0.4 is 10.2 Å². The van der Waals surface area contributed by atoms with Crippen molar-refractivity contribution in [1.82, 2.24) is 5.43 Å². The Kier molecular flexibility index (Phi) is 7.70. The van der Waals surface area contributed by atoms with E-state index < -0.39 is 0 Å². The van der Waals surface area contributed by atoms with Crippen LogP contribution in [0.2, 0.25) is 0 Å². The van der Waals surface area contributed by atoms with E-state index >= 15 is 0 Å². The summed E-state index contributed by atoms with van der Waals surface area (Å²) in [5.74, 6) is 0.447. The number of rotatable bonds is 9. The van der Waals surface area contributed by atoms with Gasteiger partial charge >= 0.3 is 0 Å². The van der Waals surface area contributed by atoms with Crippen LogP contribution in [0.15, 0.2) is 59.7 Å². The molecule has 1 amide bonds. The summed E-state index contributed by atoms with van der Waals surface area (Å²) in [7, 11) is 0. The second kappa shape index (κ2) is 10.3. The molecular formula is C21H26N2O2. The highest BCUT2D eigenvalue weighted by atomic mass is 16.5. The number of para-hydroxylation sites is 1. The first-order chi connectivity index (χ1) is 12.2. The third kappa shape index (κ3) is 6.07. The van der Waals surface area contributed by atoms with E-state index in [1.54, 1.807) is 0 Å². The number of hydrogen-bond acceptors (Lipinski definition) is 3. The topological polar surface area (TPSA) is 50.7 Å². The van der Waals surface area contributed by atoms with Crippen LogP contribution in [-0.2, 0) is 4.79 Å². The van der Waals surface area contributed by atoms with Gasteiger partial charge in [-0.05, 0) is 24.5 Å². The van der Waals surface area contributed by atoms with Crippen molar-refractivity contribution in [3.8, 4) is 16.9 Å². The minimum absolute atomic E-state index is 0.0567. The van der Waals surface area contributed by atoms with Crippen LogP contribution in [0.3, 0.4) is 0 Å². The quantitative estimate of drug-likeness (QED) is 0.527. The van der Waals surface area contributed by atoms with Crippen molar-refractivity contribution in [2.75, 3.05) is 6.61 Å². The summed E-state index contributed by atoms with van der Waals surface area (Å²) >= 11 is 0. The third-order valence-electron chi connectivity index (χ3n) is 3.75. The van der Waals surface area contributed by atoms with E-state index in [-0.39, 0.29) is 12.5 Å². The maximum Gasteiger partial charge on any atom is 0.277 e. The summed E-state index contributed by atoms with van der Waals surface area (Å²) in [6, 6.07) is 17.7. The van der Waals surface area contributed by atoms with E-state index in [0.29, 0.717) is 5.75 Å². The molecule has 1 N–H and O–H groups in total. The Morgan fingerprint density at radius 3 is 2.28 bits per heavy atom. The van der Waals surface area contributed by atoms with Gasteiger partial charge in [-0.25, -0.2) is 5.43 Å². The van der Waals surface area contributed by atoms with Crippen molar-refractivity contribution >= 4 is 11.6 Å². The first-order valence-electron chi connectivity index (χ1n) is 8.86. The van der Waals surface area contributed by atoms with Crippen LogP contribution in [0.25, 0.3) is 11.1 Å². The normalized spacial score (nSPS) is 10.2. The Morgan fingerprint density at radius 1 is 0.960 bits per heavy atom. The molecule has 2 aromatic carbocycles. The maximum atomic E-state index is 12.0. The van der Waals surface area contributed by atoms with Gasteiger partial charge in [0.2, 0.25) is 0 Å². The molecule has 0 aliphatic carbocycles. The Hall–Kier alpha value is -2.62. The molecule has 0 aromatic heterocycles. The van der Waals surface area contributed by atoms with Gasteiger partial charge in [0.25, 0.3) is 5.91 Å². The summed E-state index contributed by atoms with van der Waals surface area (Å²) in [5.41, 5.74) is 5.67. The van der Waals surface area contributed by atoms with E-state index in [1.165, 1.54) is 0 Å². The smallest absolute Gasteiger partial charge is 0.277 e. The average molecular weight is 338 g/mol. The van der Waals surface area contributed by atoms with Crippen LogP contribution in [-0.4, -0.2) is 18.2 Å². The molecule has 0 atom stereocenters. The fraction of sp³-hybridized carbons (Fsp3) is 0.333. The molecule has 0 aliphatic rings. The number of amides is 1. The first kappa shape index (κ1) is 18.7. The van der Waals surface area contributed by atoms with Gasteiger partial charge in [0, 0.05) is 11.3 Å². The molecule has 0 aliphatic heterocycles. The van der Waals surface area contributed by atoms with Crippen molar-refractivity contribution in [2.24, 2.45) is 5.10 Å². The monoisotopic (exact) mass is 338 g/mol. The van der Waals surface area contributed by atoms with Gasteiger partial charge < -0.3 is 4.74 Å². The summed E-state index contributed by atoms with van der Waals surface area (Å²) in [6.07, 6.45) is 3.86.